The van der Waals surface area contributed by atoms with Gasteiger partial charge in [0, 0.05) is 28.3 Å². The van der Waals surface area contributed by atoms with Crippen molar-refractivity contribution in [2.45, 2.75) is 49.1 Å². The van der Waals surface area contributed by atoms with Crippen molar-refractivity contribution in [1.29, 1.82) is 0 Å². The molecule has 0 saturated carbocycles. The van der Waals surface area contributed by atoms with E-state index >= 15 is 0 Å². The van der Waals surface area contributed by atoms with Gasteiger partial charge in [0.15, 0.2) is 0 Å². The quantitative estimate of drug-likeness (QED) is 0.459. The third kappa shape index (κ3) is 7.07. The second kappa shape index (κ2) is 10.4. The maximum atomic E-state index is 12.7. The van der Waals surface area contributed by atoms with E-state index in [4.69, 9.17) is 4.74 Å². The monoisotopic (exact) mass is 435 g/mol. The lowest BCUT2D eigenvalue weighted by Crippen LogP contribution is -2.45. The van der Waals surface area contributed by atoms with Crippen LogP contribution in [0.5, 0.6) is 5.75 Å². The third-order valence-corrected chi connectivity index (χ3v) is 5.84. The zero-order valence-electron chi connectivity index (χ0n) is 18.2. The molecule has 0 aliphatic carbocycles. The predicted molar refractivity (Wildman–Crippen MR) is 125 cm³/mol. The molecule has 3 rings (SSSR count). The van der Waals surface area contributed by atoms with Crippen LogP contribution in [0.25, 0.3) is 0 Å². The Morgan fingerprint density at radius 2 is 1.45 bits per heavy atom. The molecule has 0 aliphatic rings. The van der Waals surface area contributed by atoms with Crippen LogP contribution in [0.4, 0.5) is 4.79 Å². The molecule has 3 aromatic carbocycles. The van der Waals surface area contributed by atoms with E-state index in [0.717, 1.165) is 20.9 Å². The Kier molecular flexibility index (Phi) is 7.64. The molecule has 0 fully saturated rings. The topological polar surface area (TPSA) is 49.8 Å². The number of hydrogen-bond acceptors (Lipinski definition) is 4. The normalized spacial score (nSPS) is 11.2. The molecule has 0 heterocycles. The minimum atomic E-state index is -0.333. The zero-order valence-corrected chi connectivity index (χ0v) is 19.1. The van der Waals surface area contributed by atoms with Crippen LogP contribution < -0.4 is 0 Å². The number of phenolic OH excluding ortho intramolecular Hbond substituents is 1. The van der Waals surface area contributed by atoms with Crippen LogP contribution in [0, 0.1) is 0 Å². The van der Waals surface area contributed by atoms with Crippen molar-refractivity contribution in [1.82, 2.24) is 4.90 Å². The van der Waals surface area contributed by atoms with Crippen molar-refractivity contribution in [3.63, 3.8) is 0 Å². The summed E-state index contributed by atoms with van der Waals surface area (Å²) >= 11 is 1.64. The minimum Gasteiger partial charge on any atom is -0.508 e. The fraction of sp³-hybridized carbons (Fsp3) is 0.269. The van der Waals surface area contributed by atoms with Crippen molar-refractivity contribution in [3.8, 4) is 5.75 Å². The number of aromatic hydroxyl groups is 1. The van der Waals surface area contributed by atoms with Crippen LogP contribution in [-0.2, 0) is 17.7 Å². The standard InChI is InChI=1S/C26H29NO3S/c1-26(2,3)27(19-21-7-5-4-6-8-21)25(29)30-18-17-20-9-13-23(14-10-20)31-24-15-11-22(28)12-16-24/h4-16,28H,17-19H2,1-3H3. The van der Waals surface area contributed by atoms with E-state index in [-0.39, 0.29) is 17.4 Å². The molecule has 0 bridgehead atoms. The number of nitrogens with zero attached hydrogens (tertiary/aromatic N) is 1. The fourth-order valence-electron chi connectivity index (χ4n) is 3.05. The lowest BCUT2D eigenvalue weighted by Gasteiger charge is -2.34. The van der Waals surface area contributed by atoms with Crippen LogP contribution in [-0.4, -0.2) is 28.2 Å². The molecule has 0 spiro atoms. The summed E-state index contributed by atoms with van der Waals surface area (Å²) < 4.78 is 5.60. The van der Waals surface area contributed by atoms with Gasteiger partial charge in [-0.1, -0.05) is 54.2 Å². The Morgan fingerprint density at radius 3 is 2.03 bits per heavy atom. The molecular formula is C26H29NO3S. The van der Waals surface area contributed by atoms with E-state index < -0.39 is 0 Å². The second-order valence-corrected chi connectivity index (χ2v) is 9.49. The van der Waals surface area contributed by atoms with Gasteiger partial charge in [0.1, 0.15) is 5.75 Å². The molecule has 0 atom stereocenters. The second-order valence-electron chi connectivity index (χ2n) is 8.35. The number of ether oxygens (including phenoxy) is 1. The van der Waals surface area contributed by atoms with Gasteiger partial charge < -0.3 is 9.84 Å². The van der Waals surface area contributed by atoms with Crippen molar-refractivity contribution in [2.75, 3.05) is 6.61 Å². The van der Waals surface area contributed by atoms with Gasteiger partial charge >= 0.3 is 6.09 Å². The number of hydrogen-bond donors (Lipinski definition) is 1. The Balaban J connectivity index is 1.52. The van der Waals surface area contributed by atoms with E-state index in [2.05, 4.69) is 24.3 Å². The highest BCUT2D eigenvalue weighted by Crippen LogP contribution is 2.29. The van der Waals surface area contributed by atoms with Crippen molar-refractivity contribution >= 4 is 17.9 Å². The minimum absolute atomic E-state index is 0.267. The van der Waals surface area contributed by atoms with Crippen LogP contribution in [0.1, 0.15) is 31.9 Å². The molecule has 3 aromatic rings. The summed E-state index contributed by atoms with van der Waals surface area (Å²) in [4.78, 5) is 16.7. The van der Waals surface area contributed by atoms with E-state index in [1.807, 2.05) is 63.2 Å². The van der Waals surface area contributed by atoms with Crippen LogP contribution in [0.15, 0.2) is 88.7 Å². The number of carbonyl (C=O) groups is 1. The summed E-state index contributed by atoms with van der Waals surface area (Å²) in [5, 5.41) is 9.39. The van der Waals surface area contributed by atoms with Gasteiger partial charge in [0.25, 0.3) is 0 Å². The largest absolute Gasteiger partial charge is 0.508 e. The molecule has 1 amide bonds. The highest BCUT2D eigenvalue weighted by molar-refractivity contribution is 7.99. The lowest BCUT2D eigenvalue weighted by molar-refractivity contribution is 0.0644. The summed E-state index contributed by atoms with van der Waals surface area (Å²) in [5.74, 6) is 0.267. The maximum Gasteiger partial charge on any atom is 0.410 e. The van der Waals surface area contributed by atoms with E-state index in [1.54, 1.807) is 28.8 Å². The first kappa shape index (κ1) is 22.8. The molecular weight excluding hydrogens is 406 g/mol. The van der Waals surface area contributed by atoms with Gasteiger partial charge in [0.2, 0.25) is 0 Å². The number of rotatable bonds is 7. The summed E-state index contributed by atoms with van der Waals surface area (Å²) in [7, 11) is 0. The first-order valence-electron chi connectivity index (χ1n) is 10.4. The van der Waals surface area contributed by atoms with Crippen LogP contribution >= 0.6 is 11.8 Å². The fourth-order valence-corrected chi connectivity index (χ4v) is 3.87. The molecule has 4 nitrogen and oxygen atoms in total. The first-order valence-corrected chi connectivity index (χ1v) is 11.2. The summed E-state index contributed by atoms with van der Waals surface area (Å²) in [6, 6.07) is 25.4. The molecule has 0 radical (unpaired) electrons. The first-order chi connectivity index (χ1) is 14.8. The molecule has 5 heteroatoms. The molecule has 0 aliphatic heterocycles. The Bertz CT molecular complexity index is 964. The third-order valence-electron chi connectivity index (χ3n) is 4.83. The Morgan fingerprint density at radius 1 is 0.871 bits per heavy atom. The number of carbonyl (C=O) groups excluding carboxylic acids is 1. The molecule has 1 N–H and O–H groups in total. The molecule has 162 valence electrons. The van der Waals surface area contributed by atoms with Crippen molar-refractivity contribution < 1.29 is 14.6 Å². The van der Waals surface area contributed by atoms with Crippen LogP contribution in [0.2, 0.25) is 0 Å². The van der Waals surface area contributed by atoms with Gasteiger partial charge in [-0.15, -0.1) is 0 Å². The summed E-state index contributed by atoms with van der Waals surface area (Å²) in [6.07, 6.45) is 0.370. The zero-order chi connectivity index (χ0) is 22.3. The van der Waals surface area contributed by atoms with Crippen molar-refractivity contribution in [2.24, 2.45) is 0 Å². The van der Waals surface area contributed by atoms with E-state index in [9.17, 15) is 9.90 Å². The molecule has 0 unspecified atom stereocenters. The highest BCUT2D eigenvalue weighted by Gasteiger charge is 2.27. The summed E-state index contributed by atoms with van der Waals surface area (Å²) in [6.45, 7) is 6.90. The van der Waals surface area contributed by atoms with E-state index in [1.165, 1.54) is 0 Å². The lowest BCUT2D eigenvalue weighted by atomic mass is 10.1. The Hall–Kier alpha value is -2.92. The average Bonchev–Trinajstić information content (AvgIpc) is 2.75. The molecule has 0 aromatic heterocycles. The number of amides is 1. The smallest absolute Gasteiger partial charge is 0.410 e. The van der Waals surface area contributed by atoms with E-state index in [0.29, 0.717) is 19.6 Å². The average molecular weight is 436 g/mol. The number of benzene rings is 3. The van der Waals surface area contributed by atoms with Gasteiger partial charge in [0.05, 0.1) is 6.61 Å². The van der Waals surface area contributed by atoms with Gasteiger partial charge in [-0.05, 0) is 68.3 Å². The van der Waals surface area contributed by atoms with Gasteiger partial charge in [-0.25, -0.2) is 4.79 Å². The van der Waals surface area contributed by atoms with Gasteiger partial charge in [-0.2, -0.15) is 0 Å². The number of phenols is 1. The van der Waals surface area contributed by atoms with Crippen LogP contribution in [0.3, 0.4) is 0 Å². The van der Waals surface area contributed by atoms with Crippen molar-refractivity contribution in [3.05, 3.63) is 90.0 Å². The molecule has 0 saturated heterocycles. The Labute approximate surface area is 188 Å². The SMILES string of the molecule is CC(C)(C)N(Cc1ccccc1)C(=O)OCCc1ccc(Sc2ccc(O)cc2)cc1. The summed E-state index contributed by atoms with van der Waals surface area (Å²) in [5.41, 5.74) is 1.87. The maximum absolute atomic E-state index is 12.7. The molecule has 31 heavy (non-hydrogen) atoms. The van der Waals surface area contributed by atoms with Gasteiger partial charge in [-0.3, -0.25) is 4.90 Å². The predicted octanol–water partition coefficient (Wildman–Crippen LogP) is 6.52. The highest BCUT2D eigenvalue weighted by atomic mass is 32.2.